The minimum atomic E-state index is -0.317. The first-order valence-electron chi connectivity index (χ1n) is 5.34. The van der Waals surface area contributed by atoms with Crippen molar-refractivity contribution in [2.75, 3.05) is 7.11 Å². The molecule has 0 unspecified atom stereocenters. The average molecular weight is 214 g/mol. The maximum absolute atomic E-state index is 10.9. The number of carbonyl (C=O) groups is 1. The number of hydrogen-bond acceptors (Lipinski definition) is 2. The van der Waals surface area contributed by atoms with Gasteiger partial charge in [-0.3, -0.25) is 0 Å². The molecule has 0 bridgehead atoms. The number of benzene rings is 1. The number of allylic oxidation sites excluding steroid dienone is 3. The maximum atomic E-state index is 10.9. The van der Waals surface area contributed by atoms with Crippen molar-refractivity contribution in [2.45, 2.75) is 12.8 Å². The minimum absolute atomic E-state index is 0.317. The van der Waals surface area contributed by atoms with Crippen molar-refractivity contribution >= 4 is 11.5 Å². The highest BCUT2D eigenvalue weighted by molar-refractivity contribution is 5.83. The second kappa shape index (κ2) is 4.79. The van der Waals surface area contributed by atoms with Crippen LogP contribution in [0.3, 0.4) is 0 Å². The topological polar surface area (TPSA) is 26.3 Å². The van der Waals surface area contributed by atoms with Gasteiger partial charge in [-0.25, -0.2) is 4.79 Å². The summed E-state index contributed by atoms with van der Waals surface area (Å²) in [5.74, 6) is -0.317. The number of aryl methyl sites for hydroxylation is 1. The molecule has 0 aromatic heterocycles. The molecule has 0 fully saturated rings. The third-order valence-electron chi connectivity index (χ3n) is 2.76. The first kappa shape index (κ1) is 10.7. The quantitative estimate of drug-likeness (QED) is 0.559. The standard InChI is InChI=1S/C14H14O2/c1-16-14(15)8-4-6-12-10-9-11-5-2-3-7-13(11)12/h2-8H,9-10H2,1H3. The second-order valence-electron chi connectivity index (χ2n) is 3.73. The Hall–Kier alpha value is -1.83. The second-order valence-corrected chi connectivity index (χ2v) is 3.73. The molecule has 0 spiro atoms. The Morgan fingerprint density at radius 2 is 2.12 bits per heavy atom. The van der Waals surface area contributed by atoms with E-state index in [2.05, 4.69) is 22.9 Å². The largest absolute Gasteiger partial charge is 0.466 e. The van der Waals surface area contributed by atoms with Gasteiger partial charge in [-0.05, 0) is 29.5 Å². The highest BCUT2D eigenvalue weighted by atomic mass is 16.5. The summed E-state index contributed by atoms with van der Waals surface area (Å²) in [6.45, 7) is 0. The van der Waals surface area contributed by atoms with Gasteiger partial charge in [0.15, 0.2) is 0 Å². The summed E-state index contributed by atoms with van der Waals surface area (Å²) in [6, 6.07) is 8.38. The molecule has 0 N–H and O–H groups in total. The average Bonchev–Trinajstić information content (AvgIpc) is 2.73. The van der Waals surface area contributed by atoms with E-state index in [0.29, 0.717) is 0 Å². The SMILES string of the molecule is COC(=O)C=CC=C1CCc2ccccc21. The molecule has 1 aliphatic carbocycles. The molecule has 2 nitrogen and oxygen atoms in total. The van der Waals surface area contributed by atoms with Crippen molar-refractivity contribution in [3.63, 3.8) is 0 Å². The Morgan fingerprint density at radius 3 is 2.94 bits per heavy atom. The van der Waals surface area contributed by atoms with E-state index < -0.39 is 0 Å². The lowest BCUT2D eigenvalue weighted by atomic mass is 10.1. The molecule has 0 atom stereocenters. The van der Waals surface area contributed by atoms with Crippen LogP contribution < -0.4 is 0 Å². The number of hydrogen-bond donors (Lipinski definition) is 0. The van der Waals surface area contributed by atoms with Crippen molar-refractivity contribution in [3.05, 3.63) is 53.6 Å². The number of ether oxygens (including phenoxy) is 1. The zero-order valence-electron chi connectivity index (χ0n) is 9.27. The molecule has 0 saturated heterocycles. The van der Waals surface area contributed by atoms with Crippen LogP contribution in [0.15, 0.2) is 42.5 Å². The minimum Gasteiger partial charge on any atom is -0.466 e. The van der Waals surface area contributed by atoms with Crippen LogP contribution in [0.2, 0.25) is 0 Å². The van der Waals surface area contributed by atoms with Crippen LogP contribution in [0.4, 0.5) is 0 Å². The molecule has 0 radical (unpaired) electrons. The van der Waals surface area contributed by atoms with Gasteiger partial charge in [0.1, 0.15) is 0 Å². The van der Waals surface area contributed by atoms with Gasteiger partial charge in [-0.1, -0.05) is 36.4 Å². The first-order chi connectivity index (χ1) is 7.81. The lowest BCUT2D eigenvalue weighted by Gasteiger charge is -1.98. The lowest BCUT2D eigenvalue weighted by molar-refractivity contribution is -0.134. The summed E-state index contributed by atoms with van der Waals surface area (Å²) in [6.07, 6.45) is 7.32. The van der Waals surface area contributed by atoms with Crippen molar-refractivity contribution < 1.29 is 9.53 Å². The van der Waals surface area contributed by atoms with Crippen LogP contribution in [0.5, 0.6) is 0 Å². The molecule has 1 aliphatic rings. The molecule has 16 heavy (non-hydrogen) atoms. The third-order valence-corrected chi connectivity index (χ3v) is 2.76. The number of esters is 1. The van der Waals surface area contributed by atoms with E-state index in [-0.39, 0.29) is 5.97 Å². The summed E-state index contributed by atoms with van der Waals surface area (Å²) < 4.78 is 4.53. The Morgan fingerprint density at radius 1 is 1.31 bits per heavy atom. The summed E-state index contributed by atoms with van der Waals surface area (Å²) >= 11 is 0. The molecule has 1 aromatic carbocycles. The normalized spacial score (nSPS) is 16.7. The van der Waals surface area contributed by atoms with Crippen molar-refractivity contribution in [1.29, 1.82) is 0 Å². The molecule has 2 heteroatoms. The Labute approximate surface area is 95.2 Å². The number of fused-ring (bicyclic) bond motifs is 1. The maximum Gasteiger partial charge on any atom is 0.330 e. The molecular formula is C14H14O2. The fourth-order valence-electron chi connectivity index (χ4n) is 1.94. The highest BCUT2D eigenvalue weighted by Crippen LogP contribution is 2.31. The van der Waals surface area contributed by atoms with Crippen LogP contribution in [0.25, 0.3) is 5.57 Å². The van der Waals surface area contributed by atoms with Gasteiger partial charge in [0, 0.05) is 6.08 Å². The van der Waals surface area contributed by atoms with Crippen molar-refractivity contribution in [1.82, 2.24) is 0 Å². The highest BCUT2D eigenvalue weighted by Gasteiger charge is 2.13. The van der Waals surface area contributed by atoms with Gasteiger partial charge < -0.3 is 4.74 Å². The fourth-order valence-corrected chi connectivity index (χ4v) is 1.94. The first-order valence-corrected chi connectivity index (χ1v) is 5.34. The Kier molecular flexibility index (Phi) is 3.20. The van der Waals surface area contributed by atoms with Gasteiger partial charge in [0.25, 0.3) is 0 Å². The molecular weight excluding hydrogens is 200 g/mol. The van der Waals surface area contributed by atoms with Crippen molar-refractivity contribution in [3.8, 4) is 0 Å². The Balaban J connectivity index is 2.16. The fraction of sp³-hybridized carbons (Fsp3) is 0.214. The van der Waals surface area contributed by atoms with Crippen molar-refractivity contribution in [2.24, 2.45) is 0 Å². The summed E-state index contributed by atoms with van der Waals surface area (Å²) in [5.41, 5.74) is 3.98. The molecule has 2 rings (SSSR count). The molecule has 0 aliphatic heterocycles. The van der Waals surface area contributed by atoms with E-state index in [4.69, 9.17) is 0 Å². The molecule has 0 amide bonds. The number of carbonyl (C=O) groups excluding carboxylic acids is 1. The van der Waals surface area contributed by atoms with E-state index in [0.717, 1.165) is 12.8 Å². The van der Waals surface area contributed by atoms with E-state index in [1.165, 1.54) is 29.9 Å². The van der Waals surface area contributed by atoms with Gasteiger partial charge >= 0.3 is 5.97 Å². The van der Waals surface area contributed by atoms with Crippen LogP contribution in [-0.4, -0.2) is 13.1 Å². The van der Waals surface area contributed by atoms with Gasteiger partial charge in [0.05, 0.1) is 7.11 Å². The summed E-state index contributed by atoms with van der Waals surface area (Å²) in [7, 11) is 1.38. The van der Waals surface area contributed by atoms with Gasteiger partial charge in [0.2, 0.25) is 0 Å². The van der Waals surface area contributed by atoms with Gasteiger partial charge in [-0.2, -0.15) is 0 Å². The molecule has 82 valence electrons. The zero-order chi connectivity index (χ0) is 11.4. The van der Waals surface area contributed by atoms with Crippen LogP contribution in [-0.2, 0) is 16.0 Å². The summed E-state index contributed by atoms with van der Waals surface area (Å²) in [5, 5.41) is 0. The van der Waals surface area contributed by atoms with E-state index in [9.17, 15) is 4.79 Å². The zero-order valence-corrected chi connectivity index (χ0v) is 9.27. The number of methoxy groups -OCH3 is 1. The van der Waals surface area contributed by atoms with Crippen LogP contribution in [0, 0.1) is 0 Å². The lowest BCUT2D eigenvalue weighted by Crippen LogP contribution is -1.92. The van der Waals surface area contributed by atoms with E-state index in [1.54, 1.807) is 6.08 Å². The monoisotopic (exact) mass is 214 g/mol. The van der Waals surface area contributed by atoms with E-state index in [1.807, 2.05) is 12.1 Å². The number of rotatable bonds is 2. The molecule has 1 aromatic rings. The Bertz CT molecular complexity index is 456. The van der Waals surface area contributed by atoms with Crippen LogP contribution >= 0.6 is 0 Å². The predicted octanol–water partition coefficient (Wildman–Crippen LogP) is 2.75. The smallest absolute Gasteiger partial charge is 0.330 e. The molecule has 0 saturated carbocycles. The van der Waals surface area contributed by atoms with E-state index >= 15 is 0 Å². The third kappa shape index (κ3) is 2.22. The summed E-state index contributed by atoms with van der Waals surface area (Å²) in [4.78, 5) is 10.9. The molecule has 0 heterocycles. The van der Waals surface area contributed by atoms with Crippen LogP contribution in [0.1, 0.15) is 17.5 Å². The van der Waals surface area contributed by atoms with Gasteiger partial charge in [-0.15, -0.1) is 0 Å². The predicted molar refractivity (Wildman–Crippen MR) is 63.9 cm³/mol.